The molecule has 1 fully saturated rings. The number of pyridine rings is 1. The number of rotatable bonds is 4. The summed E-state index contributed by atoms with van der Waals surface area (Å²) in [7, 11) is 0. The Labute approximate surface area is 137 Å². The number of nitrogens with zero attached hydrogens (tertiary/aromatic N) is 3. The molecule has 0 radical (unpaired) electrons. The van der Waals surface area contributed by atoms with Gasteiger partial charge in [-0.3, -0.25) is 9.78 Å². The maximum atomic E-state index is 13.1. The summed E-state index contributed by atoms with van der Waals surface area (Å²) in [6, 6.07) is 2.15. The van der Waals surface area contributed by atoms with E-state index in [0.717, 1.165) is 25.0 Å². The third-order valence-corrected chi connectivity index (χ3v) is 4.23. The minimum absolute atomic E-state index is 0.0744. The number of nitrogens with one attached hydrogen (secondary N) is 2. The van der Waals surface area contributed by atoms with Crippen molar-refractivity contribution in [3.63, 3.8) is 0 Å². The third kappa shape index (κ3) is 3.47. The fourth-order valence-corrected chi connectivity index (χ4v) is 2.59. The van der Waals surface area contributed by atoms with Gasteiger partial charge in [0.05, 0.1) is 12.4 Å². The second kappa shape index (κ2) is 6.10. The van der Waals surface area contributed by atoms with Gasteiger partial charge < -0.3 is 10.6 Å². The van der Waals surface area contributed by atoms with Crippen molar-refractivity contribution >= 4 is 17.4 Å². The molecule has 1 aliphatic rings. The first-order valence-electron chi connectivity index (χ1n) is 7.56. The van der Waals surface area contributed by atoms with Crippen LogP contribution in [0.25, 0.3) is 0 Å². The van der Waals surface area contributed by atoms with Crippen molar-refractivity contribution < 1.29 is 13.6 Å². The van der Waals surface area contributed by atoms with Crippen molar-refractivity contribution in [3.05, 3.63) is 42.1 Å². The highest BCUT2D eigenvalue weighted by Crippen LogP contribution is 2.39. The number of carbonyl (C=O) groups excluding carboxylic acids is 1. The van der Waals surface area contributed by atoms with E-state index >= 15 is 0 Å². The molecular formula is C16H17F2N5O. The van der Waals surface area contributed by atoms with Crippen LogP contribution in [0.15, 0.2) is 24.5 Å². The van der Waals surface area contributed by atoms with E-state index in [9.17, 15) is 13.6 Å². The van der Waals surface area contributed by atoms with E-state index in [-0.39, 0.29) is 34.6 Å². The summed E-state index contributed by atoms with van der Waals surface area (Å²) < 4.78 is 26.2. The van der Waals surface area contributed by atoms with Crippen molar-refractivity contribution in [1.82, 2.24) is 20.3 Å². The maximum Gasteiger partial charge on any atom is 0.271 e. The van der Waals surface area contributed by atoms with Gasteiger partial charge in [-0.05, 0) is 18.3 Å². The van der Waals surface area contributed by atoms with Gasteiger partial charge in [-0.25, -0.2) is 4.98 Å². The van der Waals surface area contributed by atoms with Crippen LogP contribution >= 0.6 is 0 Å². The van der Waals surface area contributed by atoms with E-state index in [2.05, 4.69) is 39.4 Å². The quantitative estimate of drug-likeness (QED) is 0.841. The molecular weight excluding hydrogens is 316 g/mol. The molecule has 0 saturated heterocycles. The molecule has 24 heavy (non-hydrogen) atoms. The van der Waals surface area contributed by atoms with Gasteiger partial charge >= 0.3 is 0 Å². The molecule has 126 valence electrons. The summed E-state index contributed by atoms with van der Waals surface area (Å²) in [4.78, 5) is 23.4. The van der Waals surface area contributed by atoms with E-state index in [1.165, 1.54) is 12.4 Å². The predicted molar refractivity (Wildman–Crippen MR) is 83.7 cm³/mol. The fourth-order valence-electron chi connectivity index (χ4n) is 2.59. The molecule has 2 N–H and O–H groups in total. The zero-order chi connectivity index (χ0) is 17.3. The molecule has 0 spiro atoms. The van der Waals surface area contributed by atoms with E-state index in [1.807, 2.05) is 0 Å². The molecule has 2 aromatic rings. The van der Waals surface area contributed by atoms with Crippen molar-refractivity contribution in [1.29, 1.82) is 0 Å². The van der Waals surface area contributed by atoms with Crippen LogP contribution in [0.4, 0.5) is 20.3 Å². The van der Waals surface area contributed by atoms with Crippen LogP contribution in [-0.2, 0) is 0 Å². The van der Waals surface area contributed by atoms with Gasteiger partial charge in [0.2, 0.25) is 11.9 Å². The highest BCUT2D eigenvalue weighted by atomic mass is 19.1. The summed E-state index contributed by atoms with van der Waals surface area (Å²) in [6.07, 6.45) is 4.70. The normalized spacial score (nSPS) is 18.6. The van der Waals surface area contributed by atoms with Crippen LogP contribution in [-0.4, -0.2) is 26.9 Å². The minimum Gasteiger partial charge on any atom is -0.347 e. The summed E-state index contributed by atoms with van der Waals surface area (Å²) >= 11 is 0. The number of hydrogen-bond acceptors (Lipinski definition) is 5. The van der Waals surface area contributed by atoms with E-state index < -0.39 is 11.9 Å². The largest absolute Gasteiger partial charge is 0.347 e. The van der Waals surface area contributed by atoms with Crippen molar-refractivity contribution in [2.45, 2.75) is 32.7 Å². The number of hydrogen-bond donors (Lipinski definition) is 2. The lowest BCUT2D eigenvalue weighted by Crippen LogP contribution is -2.52. The number of anilines is 2. The molecule has 6 nitrogen and oxygen atoms in total. The molecule has 0 aromatic carbocycles. The minimum atomic E-state index is -0.952. The van der Waals surface area contributed by atoms with Gasteiger partial charge in [-0.2, -0.15) is 13.8 Å². The molecule has 1 atom stereocenters. The number of aromatic nitrogens is 3. The number of halogens is 2. The maximum absolute atomic E-state index is 13.1. The molecule has 3 rings (SSSR count). The van der Waals surface area contributed by atoms with Crippen LogP contribution in [0.5, 0.6) is 0 Å². The van der Waals surface area contributed by atoms with Crippen molar-refractivity contribution in [2.24, 2.45) is 5.41 Å². The van der Waals surface area contributed by atoms with Crippen molar-refractivity contribution in [3.8, 4) is 0 Å². The van der Waals surface area contributed by atoms with Crippen LogP contribution in [0, 0.1) is 17.3 Å². The SMILES string of the molecule is CC1(C)CCC1NC(=O)c1cncc(Nc2cc(F)nc(F)c2)n1. The molecule has 8 heteroatoms. The first kappa shape index (κ1) is 16.2. The van der Waals surface area contributed by atoms with E-state index in [1.54, 1.807) is 0 Å². The second-order valence-electron chi connectivity index (χ2n) is 6.47. The van der Waals surface area contributed by atoms with Gasteiger partial charge in [0.25, 0.3) is 5.91 Å². The van der Waals surface area contributed by atoms with E-state index in [0.29, 0.717) is 0 Å². The molecule has 0 aliphatic heterocycles. The number of carbonyl (C=O) groups is 1. The molecule has 1 saturated carbocycles. The number of amides is 1. The second-order valence-corrected chi connectivity index (χ2v) is 6.47. The van der Waals surface area contributed by atoms with Gasteiger partial charge in [0.15, 0.2) is 0 Å². The lowest BCUT2D eigenvalue weighted by Gasteiger charge is -2.44. The van der Waals surface area contributed by atoms with Crippen LogP contribution in [0.2, 0.25) is 0 Å². The summed E-state index contributed by atoms with van der Waals surface area (Å²) in [6.45, 7) is 4.19. The first-order chi connectivity index (χ1) is 11.3. The molecule has 1 unspecified atom stereocenters. The zero-order valence-electron chi connectivity index (χ0n) is 13.3. The highest BCUT2D eigenvalue weighted by Gasteiger charge is 2.39. The Morgan fingerprint density at radius 3 is 2.50 bits per heavy atom. The van der Waals surface area contributed by atoms with Crippen molar-refractivity contribution in [2.75, 3.05) is 5.32 Å². The lowest BCUT2D eigenvalue weighted by atomic mass is 9.67. The van der Waals surface area contributed by atoms with Gasteiger partial charge in [0.1, 0.15) is 11.5 Å². The van der Waals surface area contributed by atoms with Crippen LogP contribution in [0.3, 0.4) is 0 Å². The Bertz CT molecular complexity index is 761. The van der Waals surface area contributed by atoms with E-state index in [4.69, 9.17) is 0 Å². The zero-order valence-corrected chi connectivity index (χ0v) is 13.3. The Kier molecular flexibility index (Phi) is 4.13. The highest BCUT2D eigenvalue weighted by molar-refractivity contribution is 5.92. The van der Waals surface area contributed by atoms with Gasteiger partial charge in [0, 0.05) is 23.9 Å². The topological polar surface area (TPSA) is 79.8 Å². The van der Waals surface area contributed by atoms with Crippen LogP contribution in [0.1, 0.15) is 37.2 Å². The molecule has 1 aliphatic carbocycles. The fraction of sp³-hybridized carbons (Fsp3) is 0.375. The molecule has 2 heterocycles. The smallest absolute Gasteiger partial charge is 0.271 e. The Morgan fingerprint density at radius 2 is 1.92 bits per heavy atom. The Morgan fingerprint density at radius 1 is 1.21 bits per heavy atom. The Balaban J connectivity index is 1.73. The predicted octanol–water partition coefficient (Wildman–Crippen LogP) is 2.81. The average Bonchev–Trinajstić information content (AvgIpc) is 2.50. The average molecular weight is 333 g/mol. The standard InChI is InChI=1S/C16H17F2N5O/c1-16(2)4-3-11(16)22-15(24)10-7-19-8-14(21-10)20-9-5-12(17)23-13(18)6-9/h5-8,11H,3-4H2,1-2H3,(H,22,24)(H,20,21,23). The summed E-state index contributed by atoms with van der Waals surface area (Å²) in [5.74, 6) is -2.02. The van der Waals surface area contributed by atoms with Gasteiger partial charge in [-0.1, -0.05) is 13.8 Å². The van der Waals surface area contributed by atoms with Gasteiger partial charge in [-0.15, -0.1) is 0 Å². The molecule has 1 amide bonds. The monoisotopic (exact) mass is 333 g/mol. The summed E-state index contributed by atoms with van der Waals surface area (Å²) in [5.41, 5.74) is 0.343. The molecule has 2 aromatic heterocycles. The third-order valence-electron chi connectivity index (χ3n) is 4.23. The molecule has 0 bridgehead atoms. The lowest BCUT2D eigenvalue weighted by molar-refractivity contribution is 0.0727. The Hall–Kier alpha value is -2.64. The van der Waals surface area contributed by atoms with Crippen LogP contribution < -0.4 is 10.6 Å². The first-order valence-corrected chi connectivity index (χ1v) is 7.56. The summed E-state index contributed by atoms with van der Waals surface area (Å²) in [5, 5.41) is 5.64.